The third-order valence-corrected chi connectivity index (χ3v) is 9.29. The minimum Gasteiger partial charge on any atom is -0.481 e. The van der Waals surface area contributed by atoms with Crippen LogP contribution in [0, 0.1) is 0 Å². The van der Waals surface area contributed by atoms with Crippen molar-refractivity contribution in [3.05, 3.63) is 106 Å². The quantitative estimate of drug-likeness (QED) is 0.349. The first kappa shape index (κ1) is 28.2. The molecule has 1 aliphatic carbocycles. The van der Waals surface area contributed by atoms with Crippen molar-refractivity contribution in [2.24, 2.45) is 0 Å². The molecule has 0 atom stereocenters. The predicted octanol–water partition coefficient (Wildman–Crippen LogP) is 8.40. The molecule has 2 aromatic rings. The van der Waals surface area contributed by atoms with E-state index in [1.807, 2.05) is 6.07 Å². The standard InChI is InChI=1S/C35H39ClN2O2/c1-6-37-28-16-9-7-14-26(28)34(2,3)30(37)20-18-24-12-11-13-25(33(24)36)19-21-31-35(4,5)27-15-8-10-17-29(27)38(31)23-22-32(39)40/h7-10,14-21H,6,11-13,22-23H2,1-5H3/p+1. The van der Waals surface area contributed by atoms with Crippen molar-refractivity contribution in [1.82, 2.24) is 0 Å². The molecule has 2 aromatic carbocycles. The number of halogens is 1. The number of anilines is 1. The van der Waals surface area contributed by atoms with Crippen LogP contribution in [-0.4, -0.2) is 34.5 Å². The Morgan fingerprint density at radius 2 is 1.68 bits per heavy atom. The van der Waals surface area contributed by atoms with Gasteiger partial charge in [0.25, 0.3) is 0 Å². The van der Waals surface area contributed by atoms with Gasteiger partial charge < -0.3 is 10.0 Å². The zero-order chi connectivity index (χ0) is 28.7. The highest BCUT2D eigenvalue weighted by atomic mass is 35.5. The van der Waals surface area contributed by atoms with Gasteiger partial charge in [-0.3, -0.25) is 4.79 Å². The molecule has 4 nitrogen and oxygen atoms in total. The van der Waals surface area contributed by atoms with E-state index in [0.717, 1.165) is 47.8 Å². The maximum Gasteiger partial charge on any atom is 0.309 e. The van der Waals surface area contributed by atoms with Gasteiger partial charge in [-0.15, -0.1) is 0 Å². The van der Waals surface area contributed by atoms with E-state index in [4.69, 9.17) is 11.6 Å². The van der Waals surface area contributed by atoms with Gasteiger partial charge in [-0.1, -0.05) is 74.0 Å². The molecule has 0 unspecified atom stereocenters. The Morgan fingerprint density at radius 1 is 0.975 bits per heavy atom. The highest BCUT2D eigenvalue weighted by Gasteiger charge is 2.44. The van der Waals surface area contributed by atoms with E-state index in [2.05, 4.69) is 111 Å². The molecule has 3 aliphatic rings. The van der Waals surface area contributed by atoms with Crippen LogP contribution in [0.25, 0.3) is 0 Å². The lowest BCUT2D eigenvalue weighted by molar-refractivity contribution is -0.436. The van der Waals surface area contributed by atoms with E-state index in [-0.39, 0.29) is 17.3 Å². The lowest BCUT2D eigenvalue weighted by Gasteiger charge is -2.26. The van der Waals surface area contributed by atoms with Crippen LogP contribution in [0.15, 0.2) is 94.7 Å². The molecule has 208 valence electrons. The fourth-order valence-corrected chi connectivity index (χ4v) is 6.95. The molecule has 5 rings (SSSR count). The molecule has 2 heterocycles. The van der Waals surface area contributed by atoms with Gasteiger partial charge in [0, 0.05) is 46.1 Å². The number of hydrogen-bond acceptors (Lipinski definition) is 2. The van der Waals surface area contributed by atoms with Crippen LogP contribution in [0.3, 0.4) is 0 Å². The van der Waals surface area contributed by atoms with E-state index in [9.17, 15) is 9.90 Å². The topological polar surface area (TPSA) is 43.5 Å². The summed E-state index contributed by atoms with van der Waals surface area (Å²) in [5.41, 5.74) is 9.36. The maximum atomic E-state index is 11.4. The first-order valence-corrected chi connectivity index (χ1v) is 14.8. The normalized spacial score (nSPS) is 21.6. The van der Waals surface area contributed by atoms with Crippen LogP contribution in [0.4, 0.5) is 11.4 Å². The summed E-state index contributed by atoms with van der Waals surface area (Å²) in [6.45, 7) is 12.6. The molecule has 0 radical (unpaired) electrons. The van der Waals surface area contributed by atoms with Crippen LogP contribution in [0.2, 0.25) is 0 Å². The minimum atomic E-state index is -0.789. The number of hydrogen-bond donors (Lipinski definition) is 1. The summed E-state index contributed by atoms with van der Waals surface area (Å²) < 4.78 is 2.16. The summed E-state index contributed by atoms with van der Waals surface area (Å²) in [7, 11) is 0. The van der Waals surface area contributed by atoms with Gasteiger partial charge in [0.15, 0.2) is 12.3 Å². The second-order valence-corrected chi connectivity index (χ2v) is 12.4. The van der Waals surface area contributed by atoms with Gasteiger partial charge in [0.1, 0.15) is 6.42 Å². The molecule has 5 heteroatoms. The first-order valence-electron chi connectivity index (χ1n) is 14.4. The smallest absolute Gasteiger partial charge is 0.309 e. The van der Waals surface area contributed by atoms with Crippen molar-refractivity contribution in [1.29, 1.82) is 0 Å². The fourth-order valence-electron chi connectivity index (χ4n) is 6.64. The summed E-state index contributed by atoms with van der Waals surface area (Å²) in [5.74, 6) is -0.789. The Hall–Kier alpha value is -3.37. The van der Waals surface area contributed by atoms with Crippen molar-refractivity contribution in [2.75, 3.05) is 18.0 Å². The summed E-state index contributed by atoms with van der Waals surface area (Å²) in [6, 6.07) is 17.0. The lowest BCUT2D eigenvalue weighted by atomic mass is 9.81. The Morgan fingerprint density at radius 3 is 2.40 bits per heavy atom. The second kappa shape index (κ2) is 10.9. The molecule has 1 N–H and O–H groups in total. The Kier molecular flexibility index (Phi) is 7.67. The monoisotopic (exact) mass is 555 g/mol. The van der Waals surface area contributed by atoms with Gasteiger partial charge in [0.05, 0.1) is 5.41 Å². The van der Waals surface area contributed by atoms with E-state index < -0.39 is 5.97 Å². The molecular weight excluding hydrogens is 516 g/mol. The molecule has 0 aromatic heterocycles. The van der Waals surface area contributed by atoms with Crippen LogP contribution in [-0.2, 0) is 15.6 Å². The minimum absolute atomic E-state index is 0.0730. The highest BCUT2D eigenvalue weighted by Crippen LogP contribution is 2.47. The molecule has 0 amide bonds. The number of nitrogens with zero attached hydrogens (tertiary/aromatic N) is 2. The van der Waals surface area contributed by atoms with Crippen molar-refractivity contribution in [3.8, 4) is 0 Å². The number of aliphatic carboxylic acids is 1. The van der Waals surface area contributed by atoms with Crippen LogP contribution >= 0.6 is 11.6 Å². The summed E-state index contributed by atoms with van der Waals surface area (Å²) in [5, 5.41) is 10.2. The fraction of sp³-hybridized carbons (Fsp3) is 0.371. The molecule has 0 saturated carbocycles. The SMILES string of the molecule is CCN1/C(=C/C=C2\CCCC(/C=C/C3=[N+](CCC(=O)O)c4ccccc4C3(C)C)=C2Cl)C(C)(C)c2ccccc21. The zero-order valence-electron chi connectivity index (χ0n) is 24.3. The molecule has 0 bridgehead atoms. The molecule has 2 aliphatic heterocycles. The Labute approximate surface area is 243 Å². The van der Waals surface area contributed by atoms with Crippen molar-refractivity contribution >= 4 is 34.7 Å². The highest BCUT2D eigenvalue weighted by molar-refractivity contribution is 6.32. The predicted molar refractivity (Wildman–Crippen MR) is 166 cm³/mol. The van der Waals surface area contributed by atoms with Crippen molar-refractivity contribution in [3.63, 3.8) is 0 Å². The third kappa shape index (κ3) is 4.88. The average molecular weight is 556 g/mol. The first-order chi connectivity index (χ1) is 19.1. The maximum absolute atomic E-state index is 11.4. The number of allylic oxidation sites excluding steroid dienone is 8. The third-order valence-electron chi connectivity index (χ3n) is 8.81. The van der Waals surface area contributed by atoms with Gasteiger partial charge in [0.2, 0.25) is 5.69 Å². The van der Waals surface area contributed by atoms with Crippen LogP contribution < -0.4 is 4.90 Å². The summed E-state index contributed by atoms with van der Waals surface area (Å²) in [4.78, 5) is 13.8. The summed E-state index contributed by atoms with van der Waals surface area (Å²) >= 11 is 7.07. The van der Waals surface area contributed by atoms with Gasteiger partial charge in [-0.2, -0.15) is 4.58 Å². The molecule has 0 saturated heterocycles. The molecule has 40 heavy (non-hydrogen) atoms. The largest absolute Gasteiger partial charge is 0.481 e. The number of carboxylic acid groups (broad SMARTS) is 1. The number of carbonyl (C=O) groups is 1. The van der Waals surface area contributed by atoms with E-state index >= 15 is 0 Å². The van der Waals surface area contributed by atoms with E-state index in [1.165, 1.54) is 28.1 Å². The van der Waals surface area contributed by atoms with Crippen LogP contribution in [0.5, 0.6) is 0 Å². The molecular formula is C35H40ClN2O2+. The number of benzene rings is 2. The summed E-state index contributed by atoms with van der Waals surface area (Å²) in [6.07, 6.45) is 11.8. The van der Waals surface area contributed by atoms with E-state index in [0.29, 0.717) is 6.54 Å². The van der Waals surface area contributed by atoms with Gasteiger partial charge >= 0.3 is 5.97 Å². The number of fused-ring (bicyclic) bond motifs is 2. The molecule has 0 spiro atoms. The average Bonchev–Trinajstić information content (AvgIpc) is 3.29. The van der Waals surface area contributed by atoms with Gasteiger partial charge in [-0.25, -0.2) is 0 Å². The van der Waals surface area contributed by atoms with Crippen LogP contribution in [0.1, 0.15) is 71.4 Å². The number of para-hydroxylation sites is 2. The number of rotatable bonds is 7. The van der Waals surface area contributed by atoms with Gasteiger partial charge in [-0.05, 0) is 68.9 Å². The second-order valence-electron chi connectivity index (χ2n) is 12.0. The molecule has 0 fully saturated rings. The Balaban J connectivity index is 1.49. The zero-order valence-corrected chi connectivity index (χ0v) is 25.1. The van der Waals surface area contributed by atoms with Crippen molar-refractivity contribution in [2.45, 2.75) is 71.1 Å². The number of carboxylic acids is 1. The Bertz CT molecular complexity index is 1500. The van der Waals surface area contributed by atoms with E-state index in [1.54, 1.807) is 0 Å². The number of likely N-dealkylation sites (N-methyl/N-ethyl adjacent to an activating group) is 1. The lowest BCUT2D eigenvalue weighted by Crippen LogP contribution is -2.28. The van der Waals surface area contributed by atoms with Crippen molar-refractivity contribution < 1.29 is 14.5 Å².